The van der Waals surface area contributed by atoms with E-state index in [1.54, 1.807) is 6.33 Å². The minimum Gasteiger partial charge on any atom is -0.381 e. The molecule has 0 radical (unpaired) electrons. The summed E-state index contributed by atoms with van der Waals surface area (Å²) in [6.45, 7) is 5.73. The molecule has 6 heteroatoms. The van der Waals surface area contributed by atoms with E-state index >= 15 is 0 Å². The molecule has 22 heavy (non-hydrogen) atoms. The van der Waals surface area contributed by atoms with Crippen molar-refractivity contribution in [2.24, 2.45) is 0 Å². The summed E-state index contributed by atoms with van der Waals surface area (Å²) in [5.74, 6) is 2.12. The minimum absolute atomic E-state index is 0.0907. The number of H-pyrrole nitrogens is 1. The zero-order valence-corrected chi connectivity index (χ0v) is 14.2. The molecule has 0 saturated carbocycles. The van der Waals surface area contributed by atoms with Crippen LogP contribution in [0.3, 0.4) is 0 Å². The Labute approximate surface area is 136 Å². The average molecular weight is 325 g/mol. The van der Waals surface area contributed by atoms with Crippen LogP contribution in [0.1, 0.15) is 37.1 Å². The Kier molecular flexibility index (Phi) is 5.79. The third-order valence-electron chi connectivity index (χ3n) is 4.75. The molecule has 1 aromatic rings. The molecule has 0 unspecified atom stereocenters. The maximum absolute atomic E-state index is 6.09. The monoisotopic (exact) mass is 325 g/mol. The lowest BCUT2D eigenvalue weighted by Gasteiger charge is -2.43. The van der Waals surface area contributed by atoms with Gasteiger partial charge in [0.25, 0.3) is 0 Å². The Hall–Kier alpha value is -0.560. The molecular weight excluding hydrogens is 298 g/mol. The van der Waals surface area contributed by atoms with Crippen LogP contribution in [0.25, 0.3) is 0 Å². The van der Waals surface area contributed by atoms with Crippen molar-refractivity contribution in [3.8, 4) is 0 Å². The molecule has 3 rings (SSSR count). The number of aryl methyl sites for hydroxylation is 1. The van der Waals surface area contributed by atoms with Gasteiger partial charge in [0.15, 0.2) is 0 Å². The highest BCUT2D eigenvalue weighted by Crippen LogP contribution is 2.34. The van der Waals surface area contributed by atoms with Crippen molar-refractivity contribution in [2.75, 3.05) is 32.1 Å². The zero-order chi connectivity index (χ0) is 15.3. The lowest BCUT2D eigenvalue weighted by molar-refractivity contribution is -0.140. The summed E-state index contributed by atoms with van der Waals surface area (Å²) in [4.78, 5) is 7.47. The molecule has 2 aliphatic rings. The number of hydrogen-bond donors (Lipinski definition) is 2. The van der Waals surface area contributed by atoms with Crippen LogP contribution in [0.5, 0.6) is 0 Å². The lowest BCUT2D eigenvalue weighted by atomic mass is 9.84. The first-order chi connectivity index (χ1) is 10.8. The second-order valence-electron chi connectivity index (χ2n) is 6.31. The van der Waals surface area contributed by atoms with Crippen molar-refractivity contribution in [2.45, 2.75) is 50.0 Å². The molecule has 2 saturated heterocycles. The van der Waals surface area contributed by atoms with Gasteiger partial charge in [-0.3, -0.25) is 0 Å². The van der Waals surface area contributed by atoms with Gasteiger partial charge < -0.3 is 19.8 Å². The maximum atomic E-state index is 6.09. The van der Waals surface area contributed by atoms with Crippen molar-refractivity contribution < 1.29 is 9.47 Å². The summed E-state index contributed by atoms with van der Waals surface area (Å²) in [5.41, 5.74) is 2.46. The van der Waals surface area contributed by atoms with Gasteiger partial charge in [-0.15, -0.1) is 0 Å². The topological polar surface area (TPSA) is 59.2 Å². The highest BCUT2D eigenvalue weighted by Gasteiger charge is 2.38. The first-order valence-corrected chi connectivity index (χ1v) is 9.45. The number of aromatic amines is 1. The maximum Gasteiger partial charge on any atom is 0.0925 e. The number of ether oxygens (including phenoxy) is 2. The Balaban J connectivity index is 1.34. The van der Waals surface area contributed by atoms with Crippen LogP contribution in [-0.4, -0.2) is 53.7 Å². The summed E-state index contributed by atoms with van der Waals surface area (Å²) >= 11 is 1.94. The van der Waals surface area contributed by atoms with Crippen LogP contribution in [0.4, 0.5) is 0 Å². The molecule has 5 nitrogen and oxygen atoms in total. The van der Waals surface area contributed by atoms with E-state index in [0.29, 0.717) is 6.04 Å². The van der Waals surface area contributed by atoms with E-state index in [0.717, 1.165) is 63.6 Å². The molecule has 3 heterocycles. The number of hydrogen-bond acceptors (Lipinski definition) is 5. The number of nitrogens with one attached hydrogen (secondary N) is 2. The average Bonchev–Trinajstić information content (AvgIpc) is 2.93. The van der Waals surface area contributed by atoms with Crippen molar-refractivity contribution in [3.63, 3.8) is 0 Å². The molecule has 0 bridgehead atoms. The molecule has 1 spiro atoms. The van der Waals surface area contributed by atoms with Crippen molar-refractivity contribution >= 4 is 11.8 Å². The first kappa shape index (κ1) is 16.3. The normalized spacial score (nSPS) is 24.7. The third-order valence-corrected chi connectivity index (χ3v) is 5.72. The summed E-state index contributed by atoms with van der Waals surface area (Å²) in [6.07, 6.45) is 6.15. The Morgan fingerprint density at radius 1 is 1.41 bits per heavy atom. The van der Waals surface area contributed by atoms with Crippen molar-refractivity contribution in [1.29, 1.82) is 0 Å². The zero-order valence-electron chi connectivity index (χ0n) is 13.4. The van der Waals surface area contributed by atoms with E-state index in [1.807, 2.05) is 11.8 Å². The van der Waals surface area contributed by atoms with Crippen LogP contribution in [0.15, 0.2) is 6.33 Å². The molecule has 0 amide bonds. The Morgan fingerprint density at radius 3 is 3.05 bits per heavy atom. The second-order valence-corrected chi connectivity index (χ2v) is 7.42. The highest BCUT2D eigenvalue weighted by molar-refractivity contribution is 7.98. The Bertz CT molecular complexity index is 454. The fourth-order valence-corrected chi connectivity index (χ4v) is 4.22. The molecule has 0 aliphatic carbocycles. The highest BCUT2D eigenvalue weighted by atomic mass is 32.2. The van der Waals surface area contributed by atoms with Crippen molar-refractivity contribution in [1.82, 2.24) is 15.3 Å². The third kappa shape index (κ3) is 4.25. The Morgan fingerprint density at radius 2 is 2.27 bits per heavy atom. The summed E-state index contributed by atoms with van der Waals surface area (Å²) in [7, 11) is 0. The minimum atomic E-state index is 0.0907. The van der Waals surface area contributed by atoms with Gasteiger partial charge >= 0.3 is 0 Å². The largest absolute Gasteiger partial charge is 0.381 e. The SMILES string of the molecule is Cc1[nH]cnc1CSCCN[C@@H]1CCOC2(CCOCC2)C1. The quantitative estimate of drug-likeness (QED) is 0.786. The fourth-order valence-electron chi connectivity index (χ4n) is 3.33. The molecule has 2 N–H and O–H groups in total. The van der Waals surface area contributed by atoms with Gasteiger partial charge in [-0.2, -0.15) is 11.8 Å². The van der Waals surface area contributed by atoms with Crippen LogP contribution in [0.2, 0.25) is 0 Å². The fraction of sp³-hybridized carbons (Fsp3) is 0.812. The van der Waals surface area contributed by atoms with Crippen molar-refractivity contribution in [3.05, 3.63) is 17.7 Å². The molecular formula is C16H27N3O2S. The van der Waals surface area contributed by atoms with E-state index in [1.165, 1.54) is 11.4 Å². The van der Waals surface area contributed by atoms with E-state index < -0.39 is 0 Å². The van der Waals surface area contributed by atoms with Gasteiger partial charge in [-0.25, -0.2) is 4.98 Å². The second kappa shape index (κ2) is 7.81. The predicted molar refractivity (Wildman–Crippen MR) is 89.2 cm³/mol. The summed E-state index contributed by atoms with van der Waals surface area (Å²) < 4.78 is 11.6. The number of rotatable bonds is 6. The molecule has 2 aliphatic heterocycles. The summed E-state index contributed by atoms with van der Waals surface area (Å²) in [6, 6.07) is 0.597. The number of nitrogens with zero attached hydrogens (tertiary/aromatic N) is 1. The van der Waals surface area contributed by atoms with Gasteiger partial charge in [0.1, 0.15) is 0 Å². The molecule has 2 fully saturated rings. The molecule has 1 aromatic heterocycles. The van der Waals surface area contributed by atoms with Crippen LogP contribution in [0, 0.1) is 6.92 Å². The van der Waals surface area contributed by atoms with Crippen LogP contribution in [-0.2, 0) is 15.2 Å². The van der Waals surface area contributed by atoms with Gasteiger partial charge in [-0.05, 0) is 32.6 Å². The van der Waals surface area contributed by atoms with Gasteiger partial charge in [0.2, 0.25) is 0 Å². The predicted octanol–water partition coefficient (Wildman–Crippen LogP) is 2.27. The molecule has 124 valence electrons. The first-order valence-electron chi connectivity index (χ1n) is 8.29. The standard InChI is InChI=1S/C16H27N3O2S/c1-13-15(19-12-18-13)11-22-9-5-17-14-2-6-21-16(10-14)3-7-20-8-4-16/h12,14,17H,2-11H2,1H3,(H,18,19)/t14-/m1/s1. The van der Waals surface area contributed by atoms with E-state index in [2.05, 4.69) is 22.2 Å². The van der Waals surface area contributed by atoms with Gasteiger partial charge in [0, 0.05) is 49.6 Å². The van der Waals surface area contributed by atoms with E-state index in [-0.39, 0.29) is 5.60 Å². The molecule has 1 atom stereocenters. The number of imidazole rings is 1. The summed E-state index contributed by atoms with van der Waals surface area (Å²) in [5, 5.41) is 3.72. The van der Waals surface area contributed by atoms with Crippen LogP contribution < -0.4 is 5.32 Å². The van der Waals surface area contributed by atoms with E-state index in [9.17, 15) is 0 Å². The van der Waals surface area contributed by atoms with Gasteiger partial charge in [-0.1, -0.05) is 0 Å². The van der Waals surface area contributed by atoms with E-state index in [4.69, 9.17) is 9.47 Å². The smallest absolute Gasteiger partial charge is 0.0925 e. The molecule has 0 aromatic carbocycles. The van der Waals surface area contributed by atoms with Gasteiger partial charge in [0.05, 0.1) is 17.6 Å². The van der Waals surface area contributed by atoms with Crippen LogP contribution >= 0.6 is 11.8 Å². The lowest BCUT2D eigenvalue weighted by Crippen LogP contribution is -2.50. The number of aromatic nitrogens is 2. The number of thioether (sulfide) groups is 1.